The van der Waals surface area contributed by atoms with Gasteiger partial charge in [0.25, 0.3) is 0 Å². The van der Waals surface area contributed by atoms with E-state index in [0.717, 1.165) is 32.1 Å². The number of likely N-dealkylation sites (N-methyl/N-ethyl adjacent to an activating group) is 1. The molecule has 0 spiro atoms. The lowest BCUT2D eigenvalue weighted by atomic mass is 10.1. The summed E-state index contributed by atoms with van der Waals surface area (Å²) in [5.41, 5.74) is 0. The molecule has 0 amide bonds. The van der Waals surface area contributed by atoms with E-state index in [4.69, 9.17) is 18.5 Å². The number of ether oxygens (including phenoxy) is 2. The van der Waals surface area contributed by atoms with Crippen molar-refractivity contribution in [2.45, 2.75) is 180 Å². The number of hydrogen-bond donors (Lipinski definition) is 1. The van der Waals surface area contributed by atoms with Gasteiger partial charge in [0.15, 0.2) is 6.10 Å². The van der Waals surface area contributed by atoms with Crippen molar-refractivity contribution in [3.63, 3.8) is 0 Å². The van der Waals surface area contributed by atoms with E-state index in [1.165, 1.54) is 109 Å². The Morgan fingerprint density at radius 3 is 1.53 bits per heavy atom. The molecule has 1 unspecified atom stereocenters. The number of allylic oxidation sites excluding steroid dienone is 2. The minimum atomic E-state index is -4.36. The first-order valence-electron chi connectivity index (χ1n) is 19.9. The van der Waals surface area contributed by atoms with Crippen LogP contribution in [0.25, 0.3) is 0 Å². The highest BCUT2D eigenvalue weighted by Crippen LogP contribution is 2.43. The molecule has 0 fully saturated rings. The van der Waals surface area contributed by atoms with Crippen LogP contribution in [0.5, 0.6) is 0 Å². The van der Waals surface area contributed by atoms with Gasteiger partial charge in [-0.15, -0.1) is 0 Å². The van der Waals surface area contributed by atoms with Crippen LogP contribution >= 0.6 is 7.82 Å². The molecular formula is C39H77NO8P+. The van der Waals surface area contributed by atoms with Crippen molar-refractivity contribution in [1.29, 1.82) is 0 Å². The largest absolute Gasteiger partial charge is 0.472 e. The number of esters is 2. The van der Waals surface area contributed by atoms with Gasteiger partial charge in [0.2, 0.25) is 0 Å². The SMILES string of the molecule is CCCCCC/C=C/CCCCCCCCCCCC(=O)OC[C@@H](COP(=O)(O)OCC[N+](C)(C)C)OC(=O)CCCCCCCCCC. The third-order valence-electron chi connectivity index (χ3n) is 8.55. The molecular weight excluding hydrogens is 641 g/mol. The van der Waals surface area contributed by atoms with Gasteiger partial charge in [0, 0.05) is 12.8 Å². The number of carbonyl (C=O) groups is 2. The fourth-order valence-corrected chi connectivity index (χ4v) is 6.10. The maximum absolute atomic E-state index is 12.5. The first kappa shape index (κ1) is 47.8. The number of quaternary nitrogens is 1. The normalized spacial score (nSPS) is 13.8. The summed E-state index contributed by atoms with van der Waals surface area (Å²) in [6, 6.07) is 0. The first-order chi connectivity index (χ1) is 23.5. The Balaban J connectivity index is 4.29. The van der Waals surface area contributed by atoms with E-state index in [0.29, 0.717) is 23.9 Å². The highest BCUT2D eigenvalue weighted by molar-refractivity contribution is 7.47. The van der Waals surface area contributed by atoms with Crippen molar-refractivity contribution in [2.24, 2.45) is 0 Å². The van der Waals surface area contributed by atoms with E-state index in [-0.39, 0.29) is 25.6 Å². The van der Waals surface area contributed by atoms with Crippen molar-refractivity contribution in [2.75, 3.05) is 47.5 Å². The predicted molar refractivity (Wildman–Crippen MR) is 201 cm³/mol. The first-order valence-corrected chi connectivity index (χ1v) is 21.4. The number of hydrogen-bond acceptors (Lipinski definition) is 7. The molecule has 290 valence electrons. The van der Waals surface area contributed by atoms with Crippen LogP contribution in [0, 0.1) is 0 Å². The number of nitrogens with zero attached hydrogens (tertiary/aromatic N) is 1. The maximum Gasteiger partial charge on any atom is 0.472 e. The summed E-state index contributed by atoms with van der Waals surface area (Å²) < 4.78 is 34.1. The lowest BCUT2D eigenvalue weighted by Crippen LogP contribution is -2.37. The third-order valence-corrected chi connectivity index (χ3v) is 9.53. The zero-order valence-electron chi connectivity index (χ0n) is 32.4. The summed E-state index contributed by atoms with van der Waals surface area (Å²) >= 11 is 0. The molecule has 1 N–H and O–H groups in total. The van der Waals surface area contributed by atoms with Crippen LogP contribution in [-0.2, 0) is 32.7 Å². The summed E-state index contributed by atoms with van der Waals surface area (Å²) in [5.74, 6) is -0.801. The molecule has 49 heavy (non-hydrogen) atoms. The van der Waals surface area contributed by atoms with Crippen molar-refractivity contribution in [1.82, 2.24) is 0 Å². The number of carbonyl (C=O) groups excluding carboxylic acids is 2. The molecule has 0 aromatic heterocycles. The third kappa shape index (κ3) is 36.3. The number of rotatable bonds is 36. The number of phosphoric ester groups is 1. The van der Waals surface area contributed by atoms with E-state index in [1.807, 2.05) is 21.1 Å². The average Bonchev–Trinajstić information content (AvgIpc) is 3.04. The molecule has 0 heterocycles. The minimum Gasteiger partial charge on any atom is -0.462 e. The molecule has 9 nitrogen and oxygen atoms in total. The topological polar surface area (TPSA) is 108 Å². The van der Waals surface area contributed by atoms with Crippen molar-refractivity contribution >= 4 is 19.8 Å². The molecule has 0 aromatic rings. The summed E-state index contributed by atoms with van der Waals surface area (Å²) in [5, 5.41) is 0. The molecule has 10 heteroatoms. The molecule has 0 rings (SSSR count). The second kappa shape index (κ2) is 32.6. The monoisotopic (exact) mass is 719 g/mol. The number of phosphoric acid groups is 1. The standard InChI is InChI=1S/C39H76NO8P/c1-6-8-10-12-14-16-17-18-19-20-21-22-23-24-26-27-29-31-38(41)45-35-37(36-47-49(43,44)46-34-33-40(3,4)5)48-39(42)32-30-28-25-15-13-11-9-7-2/h16-17,37H,6-15,18-36H2,1-5H3/p+1/b17-16+/t37-/m0/s1. The van der Waals surface area contributed by atoms with Gasteiger partial charge in [-0.3, -0.25) is 18.6 Å². The van der Waals surface area contributed by atoms with Gasteiger partial charge in [0.1, 0.15) is 19.8 Å². The molecule has 2 atom stereocenters. The summed E-state index contributed by atoms with van der Waals surface area (Å²) in [6.07, 6.45) is 31.2. The van der Waals surface area contributed by atoms with Crippen molar-refractivity contribution in [3.05, 3.63) is 12.2 Å². The molecule has 0 aliphatic heterocycles. The maximum atomic E-state index is 12.5. The van der Waals surface area contributed by atoms with E-state index in [2.05, 4.69) is 26.0 Å². The fraction of sp³-hybridized carbons (Fsp3) is 0.897. The van der Waals surface area contributed by atoms with Crippen LogP contribution in [0.15, 0.2) is 12.2 Å². The lowest BCUT2D eigenvalue weighted by molar-refractivity contribution is -0.870. The predicted octanol–water partition coefficient (Wildman–Crippen LogP) is 10.6. The quantitative estimate of drug-likeness (QED) is 0.0224. The van der Waals surface area contributed by atoms with Gasteiger partial charge >= 0.3 is 19.8 Å². The number of unbranched alkanes of at least 4 members (excludes halogenated alkanes) is 20. The Morgan fingerprint density at radius 1 is 0.612 bits per heavy atom. The molecule has 0 saturated heterocycles. The Bertz CT molecular complexity index is 860. The van der Waals surface area contributed by atoms with E-state index in [9.17, 15) is 19.0 Å². The summed E-state index contributed by atoms with van der Waals surface area (Å²) in [6.45, 7) is 4.37. The van der Waals surface area contributed by atoms with Crippen LogP contribution in [-0.4, -0.2) is 74.9 Å². The second-order valence-corrected chi connectivity index (χ2v) is 16.1. The van der Waals surface area contributed by atoms with Crippen LogP contribution in [0.3, 0.4) is 0 Å². The van der Waals surface area contributed by atoms with E-state index < -0.39 is 26.5 Å². The lowest BCUT2D eigenvalue weighted by Gasteiger charge is -2.24. The average molecular weight is 719 g/mol. The fourth-order valence-electron chi connectivity index (χ4n) is 5.36. The molecule has 0 aromatic carbocycles. The van der Waals surface area contributed by atoms with Gasteiger partial charge in [0.05, 0.1) is 27.7 Å². The van der Waals surface area contributed by atoms with Crippen LogP contribution < -0.4 is 0 Å². The van der Waals surface area contributed by atoms with E-state index >= 15 is 0 Å². The highest BCUT2D eigenvalue weighted by atomic mass is 31.2. The molecule has 0 radical (unpaired) electrons. The Labute approximate surface area is 301 Å². The van der Waals surface area contributed by atoms with Crippen LogP contribution in [0.2, 0.25) is 0 Å². The molecule has 0 aliphatic carbocycles. The van der Waals surface area contributed by atoms with Gasteiger partial charge in [-0.2, -0.15) is 0 Å². The molecule has 0 saturated carbocycles. The smallest absolute Gasteiger partial charge is 0.462 e. The Morgan fingerprint density at radius 2 is 1.04 bits per heavy atom. The van der Waals surface area contributed by atoms with Crippen molar-refractivity contribution < 1.29 is 42.1 Å². The minimum absolute atomic E-state index is 0.0341. The van der Waals surface area contributed by atoms with E-state index in [1.54, 1.807) is 0 Å². The highest BCUT2D eigenvalue weighted by Gasteiger charge is 2.27. The van der Waals surface area contributed by atoms with Crippen molar-refractivity contribution in [3.8, 4) is 0 Å². The van der Waals surface area contributed by atoms with Gasteiger partial charge < -0.3 is 18.9 Å². The zero-order chi connectivity index (χ0) is 36.5. The van der Waals surface area contributed by atoms with Gasteiger partial charge in [-0.05, 0) is 38.5 Å². The summed E-state index contributed by atoms with van der Waals surface area (Å²) in [7, 11) is 1.48. The zero-order valence-corrected chi connectivity index (χ0v) is 33.3. The Kier molecular flexibility index (Phi) is 31.8. The molecule has 0 bridgehead atoms. The van der Waals surface area contributed by atoms with Gasteiger partial charge in [-0.25, -0.2) is 4.57 Å². The van der Waals surface area contributed by atoms with Crippen LogP contribution in [0.4, 0.5) is 0 Å². The second-order valence-electron chi connectivity index (χ2n) is 14.7. The summed E-state index contributed by atoms with van der Waals surface area (Å²) in [4.78, 5) is 35.1. The Hall–Kier alpha value is -1.25. The van der Waals surface area contributed by atoms with Crippen LogP contribution in [0.1, 0.15) is 174 Å². The van der Waals surface area contributed by atoms with Gasteiger partial charge in [-0.1, -0.05) is 135 Å². The molecule has 0 aliphatic rings.